The molecule has 330 valence electrons. The largest absolute Gasteiger partial charge is 0.462 e. The van der Waals surface area contributed by atoms with Crippen LogP contribution in [0.25, 0.3) is 0 Å². The number of hydrogen-bond donors (Lipinski definition) is 0. The van der Waals surface area contributed by atoms with Crippen molar-refractivity contribution in [2.24, 2.45) is 5.92 Å². The van der Waals surface area contributed by atoms with Crippen LogP contribution in [0.1, 0.15) is 233 Å². The smallest absolute Gasteiger partial charge is 0.306 e. The number of rotatable bonds is 40. The van der Waals surface area contributed by atoms with Crippen molar-refractivity contribution >= 4 is 28.9 Å². The average molecular weight is 809 g/mol. The summed E-state index contributed by atoms with van der Waals surface area (Å²) in [5, 5.41) is 0.0578. The molecule has 1 fully saturated rings. The van der Waals surface area contributed by atoms with Gasteiger partial charge in [0, 0.05) is 38.2 Å². The van der Waals surface area contributed by atoms with Crippen molar-refractivity contribution in [3.05, 3.63) is 0 Å². The number of unbranched alkanes of at least 4 members (excludes halogenated alkanes) is 16. The molecule has 0 aliphatic heterocycles. The molecule has 0 saturated heterocycles. The summed E-state index contributed by atoms with van der Waals surface area (Å²) in [4.78, 5) is 44.1. The van der Waals surface area contributed by atoms with Gasteiger partial charge in [-0.25, -0.2) is 0 Å². The van der Waals surface area contributed by atoms with E-state index in [1.807, 2.05) is 4.90 Å². The van der Waals surface area contributed by atoms with E-state index in [9.17, 15) is 14.4 Å². The molecule has 56 heavy (non-hydrogen) atoms. The van der Waals surface area contributed by atoms with Crippen molar-refractivity contribution in [1.82, 2.24) is 9.80 Å². The number of esters is 2. The fourth-order valence-corrected chi connectivity index (χ4v) is 8.65. The number of thioether (sulfide) groups is 1. The molecule has 0 aromatic rings. The maximum atomic E-state index is 13.5. The fourth-order valence-electron chi connectivity index (χ4n) is 7.83. The maximum Gasteiger partial charge on any atom is 0.306 e. The quantitative estimate of drug-likeness (QED) is 0.0451. The monoisotopic (exact) mass is 809 g/mol. The van der Waals surface area contributed by atoms with Crippen LogP contribution < -0.4 is 0 Å². The molecule has 0 aromatic heterocycles. The molecule has 7 nitrogen and oxygen atoms in total. The van der Waals surface area contributed by atoms with Crippen molar-refractivity contribution in [3.8, 4) is 0 Å². The second-order valence-electron chi connectivity index (χ2n) is 17.3. The lowest BCUT2D eigenvalue weighted by Crippen LogP contribution is -2.32. The Balaban J connectivity index is 2.70. The van der Waals surface area contributed by atoms with Gasteiger partial charge in [-0.15, -0.1) is 0 Å². The highest BCUT2D eigenvalue weighted by molar-refractivity contribution is 8.13. The maximum absolute atomic E-state index is 13.5. The molecule has 0 bridgehead atoms. The number of nitrogens with zero attached hydrogens (tertiary/aromatic N) is 2. The summed E-state index contributed by atoms with van der Waals surface area (Å²) < 4.78 is 12.2. The standard InChI is InChI=1S/C48H92N2O5S/c1-6-10-14-18-22-32-44(33-23-19-15-11-7-2)54-46(51)36-27-39-50(48(53)56-41-29-38-49(5)42-43-30-26-31-43)40-28-37-47(52)55-45(34-24-20-16-12-8-3)35-25-21-17-13-9-4/h43-45H,6-42H2,1-5H3. The fraction of sp³-hybridized carbons (Fsp3) is 0.938. The Labute approximate surface area is 351 Å². The van der Waals surface area contributed by atoms with Crippen molar-refractivity contribution < 1.29 is 23.9 Å². The SMILES string of the molecule is CCCCCCCC(CCCCCCC)OC(=O)CCCN(CCCC(=O)OC(CCCCCCC)CCCCCCC)C(=O)SCCCN(C)CC1CCC1. The predicted molar refractivity (Wildman–Crippen MR) is 241 cm³/mol. The van der Waals surface area contributed by atoms with Gasteiger partial charge in [0.1, 0.15) is 12.2 Å². The van der Waals surface area contributed by atoms with E-state index in [1.54, 1.807) is 0 Å². The summed E-state index contributed by atoms with van der Waals surface area (Å²) in [6, 6.07) is 0. The predicted octanol–water partition coefficient (Wildman–Crippen LogP) is 14.1. The van der Waals surface area contributed by atoms with Crippen LogP contribution in [0.2, 0.25) is 0 Å². The molecule has 1 amide bonds. The number of ether oxygens (including phenoxy) is 2. The molecule has 8 heteroatoms. The first-order valence-corrected chi connectivity index (χ1v) is 25.3. The van der Waals surface area contributed by atoms with Gasteiger partial charge < -0.3 is 19.3 Å². The first kappa shape index (κ1) is 52.7. The highest BCUT2D eigenvalue weighted by atomic mass is 32.2. The molecule has 0 spiro atoms. The van der Waals surface area contributed by atoms with Crippen LogP contribution in [0.5, 0.6) is 0 Å². The van der Waals surface area contributed by atoms with Crippen molar-refractivity contribution in [2.75, 3.05) is 39.0 Å². The molecule has 1 saturated carbocycles. The molecule has 0 aromatic carbocycles. The highest BCUT2D eigenvalue weighted by Gasteiger charge is 2.21. The third-order valence-electron chi connectivity index (χ3n) is 11.7. The first-order chi connectivity index (χ1) is 27.3. The Bertz CT molecular complexity index is 851. The molecule has 1 rings (SSSR count). The van der Waals surface area contributed by atoms with Crippen molar-refractivity contribution in [1.29, 1.82) is 0 Å². The van der Waals surface area contributed by atoms with Crippen LogP contribution in [0.4, 0.5) is 4.79 Å². The van der Waals surface area contributed by atoms with E-state index in [4.69, 9.17) is 9.47 Å². The molecular formula is C48H92N2O5S. The Hall–Kier alpha value is -1.28. The Morgan fingerprint density at radius 1 is 0.536 bits per heavy atom. The average Bonchev–Trinajstić information content (AvgIpc) is 3.16. The number of carbonyl (C=O) groups excluding carboxylic acids is 3. The summed E-state index contributed by atoms with van der Waals surface area (Å²) >= 11 is 1.39. The second-order valence-corrected chi connectivity index (χ2v) is 18.3. The lowest BCUT2D eigenvalue weighted by molar-refractivity contribution is -0.150. The summed E-state index contributed by atoms with van der Waals surface area (Å²) in [7, 11) is 2.20. The van der Waals surface area contributed by atoms with E-state index in [2.05, 4.69) is 39.6 Å². The van der Waals surface area contributed by atoms with Gasteiger partial charge in [0.2, 0.25) is 0 Å². The lowest BCUT2D eigenvalue weighted by atomic mass is 9.85. The number of carbonyl (C=O) groups is 3. The van der Waals surface area contributed by atoms with Gasteiger partial charge >= 0.3 is 11.9 Å². The second kappa shape index (κ2) is 38.0. The summed E-state index contributed by atoms with van der Waals surface area (Å²) in [5.74, 6) is 1.36. The molecule has 0 heterocycles. The minimum absolute atomic E-state index is 0.00369. The zero-order valence-electron chi connectivity index (χ0n) is 37.7. The van der Waals surface area contributed by atoms with Crippen LogP contribution in [0.15, 0.2) is 0 Å². The van der Waals surface area contributed by atoms with E-state index < -0.39 is 0 Å². The van der Waals surface area contributed by atoms with Crippen molar-refractivity contribution in [3.63, 3.8) is 0 Å². The van der Waals surface area contributed by atoms with Crippen molar-refractivity contribution in [2.45, 2.75) is 245 Å². The Morgan fingerprint density at radius 3 is 1.29 bits per heavy atom. The molecular weight excluding hydrogens is 717 g/mol. The van der Waals surface area contributed by atoms with E-state index in [0.29, 0.717) is 38.8 Å². The summed E-state index contributed by atoms with van der Waals surface area (Å²) in [6.07, 6.45) is 35.0. The summed E-state index contributed by atoms with van der Waals surface area (Å²) in [5.41, 5.74) is 0. The summed E-state index contributed by atoms with van der Waals surface area (Å²) in [6.45, 7) is 12.1. The zero-order chi connectivity index (χ0) is 40.9. The molecule has 1 aliphatic rings. The van der Waals surface area contributed by atoms with E-state index in [-0.39, 0.29) is 29.4 Å². The number of hydrogen-bond acceptors (Lipinski definition) is 7. The minimum atomic E-state index is -0.134. The Morgan fingerprint density at radius 2 is 0.929 bits per heavy atom. The molecule has 0 N–H and O–H groups in total. The van der Waals surface area contributed by atoms with Crippen LogP contribution in [0.3, 0.4) is 0 Å². The third-order valence-corrected chi connectivity index (χ3v) is 12.7. The third kappa shape index (κ3) is 30.8. The lowest BCUT2D eigenvalue weighted by Gasteiger charge is -2.30. The Kier molecular flexibility index (Phi) is 35.7. The van der Waals surface area contributed by atoms with Gasteiger partial charge in [0.25, 0.3) is 5.24 Å². The normalized spacial score (nSPS) is 13.1. The molecule has 0 atom stereocenters. The first-order valence-electron chi connectivity index (χ1n) is 24.3. The van der Waals surface area contributed by atoms with Gasteiger partial charge in [-0.05, 0) is 103 Å². The van der Waals surface area contributed by atoms with E-state index in [0.717, 1.165) is 82.5 Å². The van der Waals surface area contributed by atoms with Crippen LogP contribution >= 0.6 is 11.8 Å². The molecule has 1 aliphatic carbocycles. The van der Waals surface area contributed by atoms with Gasteiger partial charge in [-0.2, -0.15) is 0 Å². The van der Waals surface area contributed by atoms with Gasteiger partial charge in [0.05, 0.1) is 0 Å². The van der Waals surface area contributed by atoms with E-state index in [1.165, 1.54) is 134 Å². The van der Waals surface area contributed by atoms with Gasteiger partial charge in [0.15, 0.2) is 0 Å². The van der Waals surface area contributed by atoms with Crippen LogP contribution in [-0.4, -0.2) is 78.2 Å². The molecule has 0 radical (unpaired) electrons. The topological polar surface area (TPSA) is 76.1 Å². The number of amides is 1. The highest BCUT2D eigenvalue weighted by Crippen LogP contribution is 2.27. The zero-order valence-corrected chi connectivity index (χ0v) is 38.6. The molecule has 0 unspecified atom stereocenters. The van der Waals surface area contributed by atoms with Gasteiger partial charge in [-0.1, -0.05) is 149 Å². The van der Waals surface area contributed by atoms with Crippen LogP contribution in [0, 0.1) is 5.92 Å². The van der Waals surface area contributed by atoms with E-state index >= 15 is 0 Å². The minimum Gasteiger partial charge on any atom is -0.462 e. The van der Waals surface area contributed by atoms with Crippen LogP contribution in [-0.2, 0) is 19.1 Å². The van der Waals surface area contributed by atoms with Gasteiger partial charge in [-0.3, -0.25) is 14.4 Å².